The predicted molar refractivity (Wildman–Crippen MR) is 58.8 cm³/mol. The van der Waals surface area contributed by atoms with Gasteiger partial charge in [-0.25, -0.2) is 4.98 Å². The second-order valence-electron chi connectivity index (χ2n) is 3.36. The second-order valence-corrected chi connectivity index (χ2v) is 3.36. The molecule has 0 aliphatic carbocycles. The lowest BCUT2D eigenvalue weighted by molar-refractivity contribution is 0.167. The minimum Gasteiger partial charge on any atom is -0.481 e. The number of ether oxygens (including phenoxy) is 1. The molecule has 0 aromatic carbocycles. The average Bonchev–Trinajstić information content (AvgIpc) is 2.29. The summed E-state index contributed by atoms with van der Waals surface area (Å²) in [5.74, 6) is 0.616. The quantitative estimate of drug-likeness (QED) is 0.734. The summed E-state index contributed by atoms with van der Waals surface area (Å²) < 4.78 is 5.02. The van der Waals surface area contributed by atoms with Gasteiger partial charge in [-0.1, -0.05) is 13.0 Å². The van der Waals surface area contributed by atoms with Crippen molar-refractivity contribution < 1.29 is 9.84 Å². The maximum Gasteiger partial charge on any atom is 0.213 e. The Balaban J connectivity index is 2.37. The van der Waals surface area contributed by atoms with Gasteiger partial charge in [-0.2, -0.15) is 0 Å². The van der Waals surface area contributed by atoms with Gasteiger partial charge in [0.1, 0.15) is 0 Å². The van der Waals surface area contributed by atoms with E-state index in [4.69, 9.17) is 4.74 Å². The number of hydrogen-bond acceptors (Lipinski definition) is 4. The maximum absolute atomic E-state index is 9.33. The second kappa shape index (κ2) is 6.37. The fraction of sp³-hybridized carbons (Fsp3) is 0.545. The number of aliphatic hydroxyl groups is 1. The summed E-state index contributed by atoms with van der Waals surface area (Å²) >= 11 is 0. The van der Waals surface area contributed by atoms with E-state index >= 15 is 0 Å². The van der Waals surface area contributed by atoms with E-state index in [1.54, 1.807) is 7.11 Å². The van der Waals surface area contributed by atoms with Crippen molar-refractivity contribution in [3.8, 4) is 5.88 Å². The molecule has 2 N–H and O–H groups in total. The third-order valence-electron chi connectivity index (χ3n) is 2.15. The van der Waals surface area contributed by atoms with E-state index in [-0.39, 0.29) is 6.10 Å². The molecule has 1 aromatic rings. The summed E-state index contributed by atoms with van der Waals surface area (Å²) in [5.41, 5.74) is 0.914. The first-order chi connectivity index (χ1) is 7.26. The standard InChI is InChI=1S/C11H18N2O2/c1-3-10(14)8-12-7-9-5-4-6-11(13-9)15-2/h4-6,10,12,14H,3,7-8H2,1-2H3. The van der Waals surface area contributed by atoms with Crippen molar-refractivity contribution in [2.75, 3.05) is 13.7 Å². The highest BCUT2D eigenvalue weighted by molar-refractivity contribution is 5.15. The van der Waals surface area contributed by atoms with Gasteiger partial charge in [0.25, 0.3) is 0 Å². The first-order valence-electron chi connectivity index (χ1n) is 5.15. The fourth-order valence-electron chi connectivity index (χ4n) is 1.18. The van der Waals surface area contributed by atoms with E-state index in [0.29, 0.717) is 19.0 Å². The van der Waals surface area contributed by atoms with Crippen molar-refractivity contribution in [1.82, 2.24) is 10.3 Å². The van der Waals surface area contributed by atoms with Gasteiger partial charge in [-0.3, -0.25) is 0 Å². The smallest absolute Gasteiger partial charge is 0.213 e. The minimum absolute atomic E-state index is 0.282. The Kier molecular flexibility index (Phi) is 5.07. The highest BCUT2D eigenvalue weighted by Gasteiger charge is 2.01. The van der Waals surface area contributed by atoms with E-state index in [2.05, 4.69) is 10.3 Å². The summed E-state index contributed by atoms with van der Waals surface area (Å²) in [6.07, 6.45) is 0.481. The van der Waals surface area contributed by atoms with E-state index < -0.39 is 0 Å². The summed E-state index contributed by atoms with van der Waals surface area (Å²) in [6, 6.07) is 5.64. The van der Waals surface area contributed by atoms with Crippen LogP contribution in [0.1, 0.15) is 19.0 Å². The Morgan fingerprint density at radius 3 is 3.00 bits per heavy atom. The van der Waals surface area contributed by atoms with Gasteiger partial charge in [-0.15, -0.1) is 0 Å². The Bertz CT molecular complexity index is 292. The molecule has 1 atom stereocenters. The Labute approximate surface area is 90.3 Å². The zero-order valence-electron chi connectivity index (χ0n) is 9.23. The Morgan fingerprint density at radius 1 is 1.53 bits per heavy atom. The predicted octanol–water partition coefficient (Wildman–Crippen LogP) is 0.951. The van der Waals surface area contributed by atoms with E-state index in [1.807, 2.05) is 25.1 Å². The van der Waals surface area contributed by atoms with Crippen LogP contribution < -0.4 is 10.1 Å². The topological polar surface area (TPSA) is 54.4 Å². The molecule has 1 heterocycles. The summed E-state index contributed by atoms with van der Waals surface area (Å²) in [5, 5.41) is 12.5. The number of rotatable bonds is 6. The maximum atomic E-state index is 9.33. The molecule has 4 heteroatoms. The zero-order valence-corrected chi connectivity index (χ0v) is 9.23. The largest absolute Gasteiger partial charge is 0.481 e. The molecule has 0 saturated heterocycles. The van der Waals surface area contributed by atoms with Gasteiger partial charge >= 0.3 is 0 Å². The van der Waals surface area contributed by atoms with Gasteiger partial charge in [0.15, 0.2) is 0 Å². The lowest BCUT2D eigenvalue weighted by atomic mass is 10.3. The van der Waals surface area contributed by atoms with E-state index in [0.717, 1.165) is 12.1 Å². The lowest BCUT2D eigenvalue weighted by Crippen LogP contribution is -2.26. The van der Waals surface area contributed by atoms with Gasteiger partial charge in [0, 0.05) is 19.2 Å². The highest BCUT2D eigenvalue weighted by Crippen LogP contribution is 2.06. The van der Waals surface area contributed by atoms with Gasteiger partial charge in [0.05, 0.1) is 18.9 Å². The number of aliphatic hydroxyl groups excluding tert-OH is 1. The number of pyridine rings is 1. The summed E-state index contributed by atoms with van der Waals surface area (Å²) in [4.78, 5) is 4.25. The number of aromatic nitrogens is 1. The van der Waals surface area contributed by atoms with Crippen molar-refractivity contribution in [3.05, 3.63) is 23.9 Å². The number of methoxy groups -OCH3 is 1. The molecule has 0 saturated carbocycles. The van der Waals surface area contributed by atoms with Crippen molar-refractivity contribution >= 4 is 0 Å². The summed E-state index contributed by atoms with van der Waals surface area (Å²) in [7, 11) is 1.60. The average molecular weight is 210 g/mol. The fourth-order valence-corrected chi connectivity index (χ4v) is 1.18. The Morgan fingerprint density at radius 2 is 2.33 bits per heavy atom. The Hall–Kier alpha value is -1.13. The summed E-state index contributed by atoms with van der Waals surface area (Å²) in [6.45, 7) is 3.19. The van der Waals surface area contributed by atoms with Crippen LogP contribution in [0.5, 0.6) is 5.88 Å². The molecular formula is C11H18N2O2. The first-order valence-corrected chi connectivity index (χ1v) is 5.15. The van der Waals surface area contributed by atoms with Crippen LogP contribution in [0.2, 0.25) is 0 Å². The molecule has 1 aromatic heterocycles. The molecule has 4 nitrogen and oxygen atoms in total. The molecular weight excluding hydrogens is 192 g/mol. The van der Waals surface area contributed by atoms with Crippen molar-refractivity contribution in [3.63, 3.8) is 0 Å². The van der Waals surface area contributed by atoms with Crippen LogP contribution in [0, 0.1) is 0 Å². The number of nitrogens with one attached hydrogen (secondary N) is 1. The molecule has 0 aliphatic heterocycles. The molecule has 0 fully saturated rings. The van der Waals surface area contributed by atoms with Crippen LogP contribution in [0.4, 0.5) is 0 Å². The zero-order chi connectivity index (χ0) is 11.1. The van der Waals surface area contributed by atoms with Gasteiger partial charge in [-0.05, 0) is 12.5 Å². The van der Waals surface area contributed by atoms with Gasteiger partial charge < -0.3 is 15.2 Å². The molecule has 15 heavy (non-hydrogen) atoms. The van der Waals surface area contributed by atoms with Crippen LogP contribution in [-0.2, 0) is 6.54 Å². The molecule has 0 aliphatic rings. The minimum atomic E-state index is -0.282. The monoisotopic (exact) mass is 210 g/mol. The molecule has 84 valence electrons. The third-order valence-corrected chi connectivity index (χ3v) is 2.15. The van der Waals surface area contributed by atoms with E-state index in [1.165, 1.54) is 0 Å². The van der Waals surface area contributed by atoms with Crippen molar-refractivity contribution in [1.29, 1.82) is 0 Å². The first kappa shape index (κ1) is 11.9. The SMILES string of the molecule is CCC(O)CNCc1cccc(OC)n1. The molecule has 0 radical (unpaired) electrons. The van der Waals surface area contributed by atoms with Crippen LogP contribution in [0.15, 0.2) is 18.2 Å². The van der Waals surface area contributed by atoms with Crippen molar-refractivity contribution in [2.45, 2.75) is 26.0 Å². The third kappa shape index (κ3) is 4.27. The van der Waals surface area contributed by atoms with Crippen LogP contribution in [0.25, 0.3) is 0 Å². The normalized spacial score (nSPS) is 12.5. The molecule has 0 bridgehead atoms. The van der Waals surface area contributed by atoms with Crippen LogP contribution in [-0.4, -0.2) is 29.8 Å². The van der Waals surface area contributed by atoms with Crippen LogP contribution in [0.3, 0.4) is 0 Å². The molecule has 1 rings (SSSR count). The van der Waals surface area contributed by atoms with Gasteiger partial charge in [0.2, 0.25) is 5.88 Å². The molecule has 1 unspecified atom stereocenters. The number of hydrogen-bond donors (Lipinski definition) is 2. The van der Waals surface area contributed by atoms with E-state index in [9.17, 15) is 5.11 Å². The lowest BCUT2D eigenvalue weighted by Gasteiger charge is -2.09. The molecule has 0 amide bonds. The van der Waals surface area contributed by atoms with Crippen LogP contribution >= 0.6 is 0 Å². The molecule has 0 spiro atoms. The highest BCUT2D eigenvalue weighted by atomic mass is 16.5. The van der Waals surface area contributed by atoms with Crippen molar-refractivity contribution in [2.24, 2.45) is 0 Å². The number of nitrogens with zero attached hydrogens (tertiary/aromatic N) is 1.